The lowest BCUT2D eigenvalue weighted by Crippen LogP contribution is -2.02. The van der Waals surface area contributed by atoms with E-state index in [-0.39, 0.29) is 0 Å². The van der Waals surface area contributed by atoms with Gasteiger partial charge in [-0.1, -0.05) is 23.2 Å². The molecule has 108 valence electrons. The Morgan fingerprint density at radius 3 is 2.76 bits per heavy atom. The molecule has 0 atom stereocenters. The van der Waals surface area contributed by atoms with E-state index in [0.717, 1.165) is 28.0 Å². The molecule has 0 radical (unpaired) electrons. The molecule has 5 heteroatoms. The fraction of sp³-hybridized carbons (Fsp3) is 0.188. The molecule has 21 heavy (non-hydrogen) atoms. The van der Waals surface area contributed by atoms with Crippen LogP contribution in [0.4, 0.5) is 0 Å². The number of hydrogen-bond donors (Lipinski definition) is 0. The summed E-state index contributed by atoms with van der Waals surface area (Å²) in [5.41, 5.74) is 2.85. The predicted molar refractivity (Wildman–Crippen MR) is 86.6 cm³/mol. The van der Waals surface area contributed by atoms with Gasteiger partial charge in [0.15, 0.2) is 0 Å². The Bertz CT molecular complexity index is 811. The minimum Gasteiger partial charge on any atom is -0.497 e. The first kappa shape index (κ1) is 14.2. The van der Waals surface area contributed by atoms with Crippen LogP contribution >= 0.6 is 23.2 Å². The van der Waals surface area contributed by atoms with Gasteiger partial charge in [0.05, 0.1) is 29.9 Å². The molecular formula is C16H14Cl2N2O. The van der Waals surface area contributed by atoms with Crippen molar-refractivity contribution < 1.29 is 4.74 Å². The number of fused-ring (bicyclic) bond motifs is 1. The van der Waals surface area contributed by atoms with Crippen LogP contribution in [0.5, 0.6) is 5.75 Å². The number of rotatable bonds is 3. The predicted octanol–water partition coefficient (Wildman–Crippen LogP) is 4.71. The summed E-state index contributed by atoms with van der Waals surface area (Å²) in [6.07, 6.45) is 1.99. The lowest BCUT2D eigenvalue weighted by Gasteiger charge is -2.09. The summed E-state index contributed by atoms with van der Waals surface area (Å²) >= 11 is 12.3. The number of ether oxygens (including phenoxy) is 1. The minimum absolute atomic E-state index is 0.627. The summed E-state index contributed by atoms with van der Waals surface area (Å²) in [4.78, 5) is 4.54. The van der Waals surface area contributed by atoms with Crippen LogP contribution in [0, 0.1) is 6.92 Å². The quantitative estimate of drug-likeness (QED) is 0.698. The Hall–Kier alpha value is -1.71. The molecule has 0 unspecified atom stereocenters. The lowest BCUT2D eigenvalue weighted by molar-refractivity contribution is 0.413. The number of halogens is 2. The van der Waals surface area contributed by atoms with Crippen LogP contribution in [0.1, 0.15) is 11.4 Å². The number of methoxy groups -OCH3 is 1. The lowest BCUT2D eigenvalue weighted by atomic mass is 10.2. The molecular weight excluding hydrogens is 307 g/mol. The van der Waals surface area contributed by atoms with Gasteiger partial charge in [-0.2, -0.15) is 0 Å². The Kier molecular flexibility index (Phi) is 3.79. The highest BCUT2D eigenvalue weighted by molar-refractivity contribution is 6.38. The molecule has 2 aromatic heterocycles. The van der Waals surface area contributed by atoms with E-state index in [2.05, 4.69) is 9.55 Å². The van der Waals surface area contributed by atoms with Crippen LogP contribution < -0.4 is 4.74 Å². The molecule has 0 saturated heterocycles. The highest BCUT2D eigenvalue weighted by Gasteiger charge is 2.08. The zero-order valence-corrected chi connectivity index (χ0v) is 13.2. The van der Waals surface area contributed by atoms with Gasteiger partial charge in [-0.15, -0.1) is 0 Å². The molecule has 2 heterocycles. The van der Waals surface area contributed by atoms with Gasteiger partial charge >= 0.3 is 0 Å². The largest absolute Gasteiger partial charge is 0.497 e. The Balaban J connectivity index is 2.04. The molecule has 0 saturated carbocycles. The van der Waals surface area contributed by atoms with Crippen molar-refractivity contribution in [3.05, 3.63) is 58.0 Å². The fourth-order valence-electron chi connectivity index (χ4n) is 2.43. The van der Waals surface area contributed by atoms with Crippen molar-refractivity contribution in [2.75, 3.05) is 7.11 Å². The summed E-state index contributed by atoms with van der Waals surface area (Å²) in [6, 6.07) is 9.50. The van der Waals surface area contributed by atoms with Gasteiger partial charge in [-0.25, -0.2) is 0 Å². The third-order valence-corrected chi connectivity index (χ3v) is 3.88. The maximum Gasteiger partial charge on any atom is 0.122 e. The zero-order valence-electron chi connectivity index (χ0n) is 11.7. The van der Waals surface area contributed by atoms with Crippen molar-refractivity contribution in [2.45, 2.75) is 13.5 Å². The molecule has 0 fully saturated rings. The first-order valence-corrected chi connectivity index (χ1v) is 7.28. The van der Waals surface area contributed by atoms with Crippen LogP contribution in [0.2, 0.25) is 10.0 Å². The van der Waals surface area contributed by atoms with E-state index in [9.17, 15) is 0 Å². The van der Waals surface area contributed by atoms with Crippen LogP contribution in [-0.2, 0) is 6.54 Å². The zero-order chi connectivity index (χ0) is 15.0. The third kappa shape index (κ3) is 2.85. The second kappa shape index (κ2) is 5.58. The number of benzene rings is 1. The number of nitrogens with zero attached hydrogens (tertiary/aromatic N) is 2. The normalized spacial score (nSPS) is 11.0. The highest BCUT2D eigenvalue weighted by atomic mass is 35.5. The van der Waals surface area contributed by atoms with Gasteiger partial charge in [0.25, 0.3) is 0 Å². The molecule has 0 spiro atoms. The van der Waals surface area contributed by atoms with E-state index in [0.29, 0.717) is 16.6 Å². The molecule has 0 amide bonds. The van der Waals surface area contributed by atoms with Gasteiger partial charge in [-0.05, 0) is 25.1 Å². The van der Waals surface area contributed by atoms with E-state index < -0.39 is 0 Å². The molecule has 0 bridgehead atoms. The van der Waals surface area contributed by atoms with Crippen molar-refractivity contribution in [1.29, 1.82) is 0 Å². The SMILES string of the molecule is COc1cc(C)nc(Cn2ccc3c(Cl)cc(Cl)cc32)c1. The smallest absolute Gasteiger partial charge is 0.122 e. The van der Waals surface area contributed by atoms with Crippen molar-refractivity contribution in [3.63, 3.8) is 0 Å². The molecule has 3 rings (SSSR count). The molecule has 1 aromatic carbocycles. The van der Waals surface area contributed by atoms with E-state index in [1.54, 1.807) is 13.2 Å². The van der Waals surface area contributed by atoms with Gasteiger partial charge in [0.1, 0.15) is 5.75 Å². The van der Waals surface area contributed by atoms with Gasteiger partial charge in [0.2, 0.25) is 0 Å². The van der Waals surface area contributed by atoms with Crippen molar-refractivity contribution in [1.82, 2.24) is 9.55 Å². The second-order valence-corrected chi connectivity index (χ2v) is 5.75. The third-order valence-electron chi connectivity index (χ3n) is 3.35. The first-order chi connectivity index (χ1) is 10.1. The van der Waals surface area contributed by atoms with E-state index in [4.69, 9.17) is 27.9 Å². The number of aryl methyl sites for hydroxylation is 1. The number of hydrogen-bond acceptors (Lipinski definition) is 2. The average molecular weight is 321 g/mol. The molecule has 3 nitrogen and oxygen atoms in total. The van der Waals surface area contributed by atoms with Crippen LogP contribution in [-0.4, -0.2) is 16.7 Å². The average Bonchev–Trinajstić information content (AvgIpc) is 2.81. The van der Waals surface area contributed by atoms with Crippen LogP contribution in [0.25, 0.3) is 10.9 Å². The van der Waals surface area contributed by atoms with E-state index >= 15 is 0 Å². The summed E-state index contributed by atoms with van der Waals surface area (Å²) < 4.78 is 7.37. The van der Waals surface area contributed by atoms with Crippen molar-refractivity contribution in [2.24, 2.45) is 0 Å². The molecule has 0 aliphatic carbocycles. The molecule has 3 aromatic rings. The number of pyridine rings is 1. The Morgan fingerprint density at radius 1 is 1.19 bits per heavy atom. The van der Waals surface area contributed by atoms with Crippen molar-refractivity contribution in [3.8, 4) is 5.75 Å². The topological polar surface area (TPSA) is 27.1 Å². The summed E-state index contributed by atoms with van der Waals surface area (Å²) in [5, 5.41) is 2.27. The Morgan fingerprint density at radius 2 is 2.00 bits per heavy atom. The van der Waals surface area contributed by atoms with Crippen LogP contribution in [0.3, 0.4) is 0 Å². The minimum atomic E-state index is 0.627. The van der Waals surface area contributed by atoms with Gasteiger partial charge in [-0.3, -0.25) is 4.98 Å². The second-order valence-electron chi connectivity index (χ2n) is 4.90. The maximum absolute atomic E-state index is 6.22. The fourth-order valence-corrected chi connectivity index (χ4v) is 2.98. The molecule has 0 aliphatic rings. The van der Waals surface area contributed by atoms with Crippen molar-refractivity contribution >= 4 is 34.1 Å². The van der Waals surface area contributed by atoms with Gasteiger partial charge < -0.3 is 9.30 Å². The number of aromatic nitrogens is 2. The van der Waals surface area contributed by atoms with E-state index in [1.807, 2.05) is 37.4 Å². The van der Waals surface area contributed by atoms with E-state index in [1.165, 1.54) is 0 Å². The standard InChI is InChI=1S/C16H14Cl2N2O/c1-10-5-13(21-2)8-12(19-10)9-20-4-3-14-15(18)6-11(17)7-16(14)20/h3-8H,9H2,1-2H3. The monoisotopic (exact) mass is 320 g/mol. The highest BCUT2D eigenvalue weighted by Crippen LogP contribution is 2.29. The Labute approximate surface area is 133 Å². The maximum atomic E-state index is 6.22. The summed E-state index contributed by atoms with van der Waals surface area (Å²) in [7, 11) is 1.66. The first-order valence-electron chi connectivity index (χ1n) is 6.52. The molecule has 0 aliphatic heterocycles. The summed E-state index contributed by atoms with van der Waals surface area (Å²) in [5.74, 6) is 0.810. The van der Waals surface area contributed by atoms with Gasteiger partial charge in [0, 0.05) is 34.4 Å². The molecule has 0 N–H and O–H groups in total. The summed E-state index contributed by atoms with van der Waals surface area (Å²) in [6.45, 7) is 2.59. The van der Waals surface area contributed by atoms with Crippen LogP contribution in [0.15, 0.2) is 36.5 Å².